The van der Waals surface area contributed by atoms with Crippen molar-refractivity contribution in [2.45, 2.75) is 6.54 Å². The predicted octanol–water partition coefficient (Wildman–Crippen LogP) is 5.92. The number of fused-ring (bicyclic) bond motifs is 2. The number of hydrogen-bond donors (Lipinski definition) is 0. The van der Waals surface area contributed by atoms with Gasteiger partial charge >= 0.3 is 0 Å². The third kappa shape index (κ3) is 3.20. The van der Waals surface area contributed by atoms with E-state index < -0.39 is 0 Å². The zero-order valence-corrected chi connectivity index (χ0v) is 16.3. The molecule has 0 atom stereocenters. The molecule has 0 fully saturated rings. The number of halogens is 1. The van der Waals surface area contributed by atoms with Gasteiger partial charge in [-0.05, 0) is 40.6 Å². The van der Waals surface area contributed by atoms with E-state index in [0.29, 0.717) is 28.3 Å². The molecule has 0 radical (unpaired) electrons. The fraction of sp³-hybridized carbons (Fsp3) is 0.0400. The Morgan fingerprint density at radius 1 is 0.793 bits per heavy atom. The molecule has 0 spiro atoms. The smallest absolute Gasteiger partial charge is 0.261 e. The second-order valence-corrected chi connectivity index (χ2v) is 7.44. The number of rotatable bonds is 3. The quantitative estimate of drug-likeness (QED) is 0.379. The minimum absolute atomic E-state index is 0.0569. The summed E-state index contributed by atoms with van der Waals surface area (Å²) < 4.78 is 1.75. The topological polar surface area (TPSA) is 34.9 Å². The lowest BCUT2D eigenvalue weighted by Gasteiger charge is -2.15. The van der Waals surface area contributed by atoms with Crippen LogP contribution in [-0.2, 0) is 6.54 Å². The lowest BCUT2D eigenvalue weighted by atomic mass is 10.0. The van der Waals surface area contributed by atoms with Gasteiger partial charge in [0.25, 0.3) is 5.56 Å². The molecular weight excluding hydrogens is 380 g/mol. The molecule has 0 aliphatic rings. The molecule has 4 heteroatoms. The summed E-state index contributed by atoms with van der Waals surface area (Å²) in [4.78, 5) is 18.3. The number of benzene rings is 4. The van der Waals surface area contributed by atoms with E-state index in [1.54, 1.807) is 4.57 Å². The highest BCUT2D eigenvalue weighted by atomic mass is 35.5. The van der Waals surface area contributed by atoms with Gasteiger partial charge < -0.3 is 0 Å². The van der Waals surface area contributed by atoms with Crippen molar-refractivity contribution in [3.8, 4) is 11.4 Å². The molecule has 0 amide bonds. The van der Waals surface area contributed by atoms with Crippen molar-refractivity contribution < 1.29 is 0 Å². The van der Waals surface area contributed by atoms with Gasteiger partial charge in [-0.2, -0.15) is 0 Å². The van der Waals surface area contributed by atoms with E-state index in [2.05, 4.69) is 18.2 Å². The summed E-state index contributed by atoms with van der Waals surface area (Å²) in [6.07, 6.45) is 0. The summed E-state index contributed by atoms with van der Waals surface area (Å²) in [6, 6.07) is 29.3. The predicted molar refractivity (Wildman–Crippen MR) is 119 cm³/mol. The van der Waals surface area contributed by atoms with Crippen LogP contribution in [0.3, 0.4) is 0 Å². The normalized spacial score (nSPS) is 11.2. The average Bonchev–Trinajstić information content (AvgIpc) is 2.75. The standard InChI is InChI=1S/C25H17ClN2O/c26-19-10-5-7-17(15-19)16-28-24(27-23-14-4-3-12-22(23)25(28)29)21-13-6-9-18-8-1-2-11-20(18)21/h1-15H,16H2. The Bertz CT molecular complexity index is 1420. The monoisotopic (exact) mass is 396 g/mol. The highest BCUT2D eigenvalue weighted by molar-refractivity contribution is 6.30. The number of hydrogen-bond acceptors (Lipinski definition) is 2. The van der Waals surface area contributed by atoms with E-state index in [0.717, 1.165) is 21.9 Å². The summed E-state index contributed by atoms with van der Waals surface area (Å²) in [5, 5.41) is 3.44. The molecule has 0 bridgehead atoms. The number of para-hydroxylation sites is 1. The molecule has 0 saturated heterocycles. The van der Waals surface area contributed by atoms with Crippen molar-refractivity contribution in [2.75, 3.05) is 0 Å². The third-order valence-electron chi connectivity index (χ3n) is 5.12. The van der Waals surface area contributed by atoms with Crippen LogP contribution in [0, 0.1) is 0 Å². The van der Waals surface area contributed by atoms with Gasteiger partial charge in [0.15, 0.2) is 0 Å². The highest BCUT2D eigenvalue weighted by Gasteiger charge is 2.15. The summed E-state index contributed by atoms with van der Waals surface area (Å²) >= 11 is 6.18. The second-order valence-electron chi connectivity index (χ2n) is 7.00. The van der Waals surface area contributed by atoms with Crippen molar-refractivity contribution in [2.24, 2.45) is 0 Å². The van der Waals surface area contributed by atoms with Crippen molar-refractivity contribution >= 4 is 33.3 Å². The van der Waals surface area contributed by atoms with Gasteiger partial charge in [-0.3, -0.25) is 9.36 Å². The van der Waals surface area contributed by atoms with Crippen LogP contribution in [-0.4, -0.2) is 9.55 Å². The SMILES string of the molecule is O=c1c2ccccc2nc(-c2cccc3ccccc23)n1Cc1cccc(Cl)c1. The zero-order valence-electron chi connectivity index (χ0n) is 15.5. The van der Waals surface area contributed by atoms with Gasteiger partial charge in [0.05, 0.1) is 17.4 Å². The van der Waals surface area contributed by atoms with Crippen molar-refractivity contribution in [3.63, 3.8) is 0 Å². The van der Waals surface area contributed by atoms with Crippen LogP contribution < -0.4 is 5.56 Å². The molecule has 0 aliphatic heterocycles. The molecule has 0 saturated carbocycles. The molecule has 1 aromatic heterocycles. The first-order valence-electron chi connectivity index (χ1n) is 9.43. The molecule has 4 aromatic carbocycles. The Morgan fingerprint density at radius 3 is 2.38 bits per heavy atom. The second kappa shape index (κ2) is 7.19. The van der Waals surface area contributed by atoms with Crippen LogP contribution in [0.15, 0.2) is 95.8 Å². The summed E-state index contributed by atoms with van der Waals surface area (Å²) in [5.74, 6) is 0.658. The lowest BCUT2D eigenvalue weighted by molar-refractivity contribution is 0.760. The maximum Gasteiger partial charge on any atom is 0.261 e. The van der Waals surface area contributed by atoms with E-state index in [-0.39, 0.29) is 5.56 Å². The maximum atomic E-state index is 13.4. The van der Waals surface area contributed by atoms with Gasteiger partial charge in [-0.25, -0.2) is 4.98 Å². The molecule has 3 nitrogen and oxygen atoms in total. The molecule has 0 unspecified atom stereocenters. The Morgan fingerprint density at radius 2 is 1.52 bits per heavy atom. The van der Waals surface area contributed by atoms with E-state index in [1.165, 1.54) is 0 Å². The van der Waals surface area contributed by atoms with Crippen LogP contribution >= 0.6 is 11.6 Å². The number of nitrogens with zero attached hydrogens (tertiary/aromatic N) is 2. The van der Waals surface area contributed by atoms with Crippen LogP contribution in [0.1, 0.15) is 5.56 Å². The fourth-order valence-corrected chi connectivity index (χ4v) is 3.97. The van der Waals surface area contributed by atoms with Crippen molar-refractivity contribution in [3.05, 3.63) is 112 Å². The Labute approximate surface area is 172 Å². The Balaban J connectivity index is 1.83. The molecule has 1 heterocycles. The Hall–Kier alpha value is -3.43. The highest BCUT2D eigenvalue weighted by Crippen LogP contribution is 2.28. The Kier molecular flexibility index (Phi) is 4.38. The van der Waals surface area contributed by atoms with Crippen molar-refractivity contribution in [1.82, 2.24) is 9.55 Å². The molecule has 0 N–H and O–H groups in total. The van der Waals surface area contributed by atoms with E-state index in [9.17, 15) is 4.79 Å². The summed E-state index contributed by atoms with van der Waals surface area (Å²) in [5.41, 5.74) is 2.53. The maximum absolute atomic E-state index is 13.4. The largest absolute Gasteiger partial charge is 0.288 e. The molecule has 29 heavy (non-hydrogen) atoms. The minimum atomic E-state index is -0.0569. The zero-order chi connectivity index (χ0) is 19.8. The molecule has 0 aliphatic carbocycles. The van der Waals surface area contributed by atoms with E-state index in [1.807, 2.05) is 72.8 Å². The van der Waals surface area contributed by atoms with Crippen molar-refractivity contribution in [1.29, 1.82) is 0 Å². The van der Waals surface area contributed by atoms with Crippen LogP contribution in [0.4, 0.5) is 0 Å². The molecule has 5 rings (SSSR count). The van der Waals surface area contributed by atoms with Crippen LogP contribution in [0.2, 0.25) is 5.02 Å². The van der Waals surface area contributed by atoms with Gasteiger partial charge in [-0.15, -0.1) is 0 Å². The van der Waals surface area contributed by atoms with E-state index >= 15 is 0 Å². The minimum Gasteiger partial charge on any atom is -0.288 e. The summed E-state index contributed by atoms with van der Waals surface area (Å²) in [7, 11) is 0. The molecular formula is C25H17ClN2O. The fourth-order valence-electron chi connectivity index (χ4n) is 3.76. The first kappa shape index (κ1) is 17.7. The van der Waals surface area contributed by atoms with Gasteiger partial charge in [-0.1, -0.05) is 78.3 Å². The van der Waals surface area contributed by atoms with E-state index in [4.69, 9.17) is 16.6 Å². The van der Waals surface area contributed by atoms with Crippen LogP contribution in [0.5, 0.6) is 0 Å². The first-order chi connectivity index (χ1) is 14.2. The first-order valence-corrected chi connectivity index (χ1v) is 9.81. The van der Waals surface area contributed by atoms with Gasteiger partial charge in [0, 0.05) is 10.6 Å². The third-order valence-corrected chi connectivity index (χ3v) is 5.36. The molecule has 5 aromatic rings. The average molecular weight is 397 g/mol. The van der Waals surface area contributed by atoms with Crippen LogP contribution in [0.25, 0.3) is 33.1 Å². The number of aromatic nitrogens is 2. The molecule has 140 valence electrons. The summed E-state index contributed by atoms with van der Waals surface area (Å²) in [6.45, 7) is 0.399. The van der Waals surface area contributed by atoms with Gasteiger partial charge in [0.2, 0.25) is 0 Å². The van der Waals surface area contributed by atoms with Gasteiger partial charge in [0.1, 0.15) is 5.82 Å². The lowest BCUT2D eigenvalue weighted by Crippen LogP contribution is -2.24.